The van der Waals surface area contributed by atoms with Crippen LogP contribution in [0.5, 0.6) is 11.5 Å². The van der Waals surface area contributed by atoms with Gasteiger partial charge in [-0.1, -0.05) is 12.1 Å². The van der Waals surface area contributed by atoms with Crippen molar-refractivity contribution in [2.24, 2.45) is 0 Å². The van der Waals surface area contributed by atoms with Gasteiger partial charge in [-0.3, -0.25) is 0 Å². The molecule has 0 saturated carbocycles. The lowest BCUT2D eigenvalue weighted by Crippen LogP contribution is -2.28. The summed E-state index contributed by atoms with van der Waals surface area (Å²) in [5.74, 6) is 0.864. The second-order valence-electron chi connectivity index (χ2n) is 4.15. The Hall–Kier alpha value is -2.28. The van der Waals surface area contributed by atoms with E-state index in [1.54, 1.807) is 30.3 Å². The summed E-state index contributed by atoms with van der Waals surface area (Å²) in [4.78, 5) is 4.15. The molecule has 1 aromatic heterocycles. The van der Waals surface area contributed by atoms with Gasteiger partial charge in [0.15, 0.2) is 11.6 Å². The minimum atomic E-state index is -3.80. The number of para-hydroxylation sites is 1. The highest BCUT2D eigenvalue weighted by molar-refractivity contribution is 7.92. The molecule has 2 rings (SSSR count). The molecule has 0 saturated heterocycles. The normalized spacial score (nSPS) is 11.0. The maximum Gasteiger partial charge on any atom is 0.269 e. The van der Waals surface area contributed by atoms with E-state index in [1.807, 2.05) is 0 Å². The Kier molecular flexibility index (Phi) is 4.32. The van der Waals surface area contributed by atoms with Crippen molar-refractivity contribution in [3.8, 4) is 11.5 Å². The molecule has 112 valence electrons. The molecule has 0 radical (unpaired) electrons. The van der Waals surface area contributed by atoms with Crippen LogP contribution in [0.25, 0.3) is 0 Å². The van der Waals surface area contributed by atoms with Crippen LogP contribution in [0.1, 0.15) is 0 Å². The van der Waals surface area contributed by atoms with Crippen LogP contribution in [0, 0.1) is 0 Å². The minimum absolute atomic E-state index is 0.0720. The van der Waals surface area contributed by atoms with Crippen molar-refractivity contribution < 1.29 is 17.9 Å². The number of nitrogens with zero attached hydrogens (tertiary/aromatic N) is 2. The summed E-state index contributed by atoms with van der Waals surface area (Å²) >= 11 is 0. The fourth-order valence-corrected chi connectivity index (χ4v) is 3.19. The molecule has 6 nitrogen and oxygen atoms in total. The Morgan fingerprint density at radius 1 is 1.00 bits per heavy atom. The van der Waals surface area contributed by atoms with E-state index >= 15 is 0 Å². The van der Waals surface area contributed by atoms with E-state index in [0.717, 1.165) is 4.31 Å². The average molecular weight is 308 g/mol. The zero-order valence-corrected chi connectivity index (χ0v) is 12.8. The molecule has 2 aromatic rings. The van der Waals surface area contributed by atoms with Gasteiger partial charge in [0.05, 0.1) is 14.2 Å². The molecule has 0 aliphatic rings. The van der Waals surface area contributed by atoms with Crippen LogP contribution in [-0.4, -0.2) is 34.7 Å². The Labute approximate surface area is 124 Å². The monoisotopic (exact) mass is 308 g/mol. The van der Waals surface area contributed by atoms with Gasteiger partial charge in [0.1, 0.15) is 10.6 Å². The smallest absolute Gasteiger partial charge is 0.269 e. The van der Waals surface area contributed by atoms with Crippen LogP contribution >= 0.6 is 0 Å². The molecule has 0 bridgehead atoms. The van der Waals surface area contributed by atoms with E-state index in [9.17, 15) is 8.42 Å². The summed E-state index contributed by atoms with van der Waals surface area (Å²) < 4.78 is 36.8. The molecule has 0 unspecified atom stereocenters. The Bertz CT molecular complexity index is 731. The fourth-order valence-electron chi connectivity index (χ4n) is 1.87. The van der Waals surface area contributed by atoms with Crippen LogP contribution in [0.4, 0.5) is 5.82 Å². The molecule has 0 amide bonds. The molecular weight excluding hydrogens is 292 g/mol. The van der Waals surface area contributed by atoms with Crippen molar-refractivity contribution >= 4 is 15.8 Å². The molecular formula is C14H16N2O4S. The highest BCUT2D eigenvalue weighted by Crippen LogP contribution is 2.31. The number of anilines is 1. The minimum Gasteiger partial charge on any atom is -0.495 e. The molecule has 0 fully saturated rings. The first-order chi connectivity index (χ1) is 10.0. The summed E-state index contributed by atoms with van der Waals surface area (Å²) in [6.45, 7) is 0. The zero-order valence-electron chi connectivity index (χ0n) is 12.0. The number of pyridine rings is 1. The number of sulfonamides is 1. The molecule has 21 heavy (non-hydrogen) atoms. The third-order valence-electron chi connectivity index (χ3n) is 2.98. The van der Waals surface area contributed by atoms with E-state index in [2.05, 4.69) is 4.98 Å². The van der Waals surface area contributed by atoms with Crippen LogP contribution in [-0.2, 0) is 10.0 Å². The lowest BCUT2D eigenvalue weighted by Gasteiger charge is -2.21. The molecule has 0 spiro atoms. The fraction of sp³-hybridized carbons (Fsp3) is 0.214. The Morgan fingerprint density at radius 2 is 1.62 bits per heavy atom. The van der Waals surface area contributed by atoms with Gasteiger partial charge < -0.3 is 9.47 Å². The van der Waals surface area contributed by atoms with Gasteiger partial charge in [-0.05, 0) is 24.3 Å². The van der Waals surface area contributed by atoms with Gasteiger partial charge in [-0.25, -0.2) is 17.7 Å². The number of hydrogen-bond donors (Lipinski definition) is 0. The molecule has 7 heteroatoms. The summed E-state index contributed by atoms with van der Waals surface area (Å²) in [6.07, 6.45) is 1.51. The predicted molar refractivity (Wildman–Crippen MR) is 79.4 cm³/mol. The molecule has 0 N–H and O–H groups in total. The number of hydrogen-bond acceptors (Lipinski definition) is 5. The Morgan fingerprint density at radius 3 is 2.29 bits per heavy atom. The lowest BCUT2D eigenvalue weighted by molar-refractivity contribution is 0.402. The van der Waals surface area contributed by atoms with Gasteiger partial charge in [-0.15, -0.1) is 0 Å². The first-order valence-corrected chi connectivity index (χ1v) is 7.57. The predicted octanol–water partition coefficient (Wildman–Crippen LogP) is 1.92. The lowest BCUT2D eigenvalue weighted by atomic mass is 10.3. The molecule has 0 aliphatic heterocycles. The first kappa shape index (κ1) is 15.1. The van der Waals surface area contributed by atoms with E-state index in [4.69, 9.17) is 9.47 Å². The standard InChI is InChI=1S/C14H16N2O4S/c1-16(14-12(20-3)8-6-10-15-14)21(17,18)13-9-5-4-7-11(13)19-2/h4-10H,1-3H3. The van der Waals surface area contributed by atoms with Crippen molar-refractivity contribution in [2.45, 2.75) is 4.90 Å². The summed E-state index contributed by atoms with van der Waals surface area (Å²) in [5, 5.41) is 0. The zero-order chi connectivity index (χ0) is 15.5. The number of rotatable bonds is 5. The van der Waals surface area contributed by atoms with Crippen molar-refractivity contribution in [3.63, 3.8) is 0 Å². The largest absolute Gasteiger partial charge is 0.495 e. The average Bonchev–Trinajstić information content (AvgIpc) is 2.53. The maximum atomic E-state index is 12.7. The summed E-state index contributed by atoms with van der Waals surface area (Å²) in [7, 11) is 0.510. The van der Waals surface area contributed by atoms with Crippen molar-refractivity contribution in [1.82, 2.24) is 4.98 Å². The topological polar surface area (TPSA) is 68.7 Å². The quantitative estimate of drug-likeness (QED) is 0.844. The Balaban J connectivity index is 2.53. The summed E-state index contributed by atoms with van der Waals surface area (Å²) in [5.41, 5.74) is 0. The first-order valence-electron chi connectivity index (χ1n) is 6.13. The highest BCUT2D eigenvalue weighted by Gasteiger charge is 2.27. The molecule has 0 aliphatic carbocycles. The van der Waals surface area contributed by atoms with Crippen molar-refractivity contribution in [1.29, 1.82) is 0 Å². The number of benzene rings is 1. The second kappa shape index (κ2) is 6.01. The van der Waals surface area contributed by atoms with Crippen LogP contribution in [0.15, 0.2) is 47.5 Å². The van der Waals surface area contributed by atoms with E-state index in [1.165, 1.54) is 33.5 Å². The molecule has 1 aromatic carbocycles. The maximum absolute atomic E-state index is 12.7. The third-order valence-corrected chi connectivity index (χ3v) is 4.76. The number of aromatic nitrogens is 1. The second-order valence-corrected chi connectivity index (χ2v) is 6.09. The van der Waals surface area contributed by atoms with Gasteiger partial charge in [0, 0.05) is 13.2 Å². The summed E-state index contributed by atoms with van der Waals surface area (Å²) in [6, 6.07) is 9.75. The third kappa shape index (κ3) is 2.78. The number of ether oxygens (including phenoxy) is 2. The van der Waals surface area contributed by atoms with Crippen molar-refractivity contribution in [3.05, 3.63) is 42.6 Å². The highest BCUT2D eigenvalue weighted by atomic mass is 32.2. The van der Waals surface area contributed by atoms with Crippen LogP contribution in [0.3, 0.4) is 0 Å². The van der Waals surface area contributed by atoms with Gasteiger partial charge in [-0.2, -0.15) is 0 Å². The van der Waals surface area contributed by atoms with Gasteiger partial charge >= 0.3 is 0 Å². The van der Waals surface area contributed by atoms with E-state index in [0.29, 0.717) is 5.75 Å². The van der Waals surface area contributed by atoms with Crippen LogP contribution < -0.4 is 13.8 Å². The molecule has 1 heterocycles. The van der Waals surface area contributed by atoms with Crippen molar-refractivity contribution in [2.75, 3.05) is 25.6 Å². The van der Waals surface area contributed by atoms with E-state index in [-0.39, 0.29) is 16.5 Å². The van der Waals surface area contributed by atoms with E-state index < -0.39 is 10.0 Å². The van der Waals surface area contributed by atoms with Crippen LogP contribution in [0.2, 0.25) is 0 Å². The van der Waals surface area contributed by atoms with Gasteiger partial charge in [0.25, 0.3) is 10.0 Å². The van der Waals surface area contributed by atoms with Gasteiger partial charge in [0.2, 0.25) is 0 Å². The SMILES string of the molecule is COc1ccccc1S(=O)(=O)N(C)c1ncccc1OC. The number of methoxy groups -OCH3 is 2. The molecule has 0 atom stereocenters.